The number of hydrogen-bond acceptors (Lipinski definition) is 5. The standard InChI is InChI=1S/C14H10N2O4/c1-19-12-7-9(14(17)18)5-6-11(12)20-13-4-2-3-10(8-15)16-13/h2-7H,1H3,(H,17,18). The molecule has 0 aliphatic carbocycles. The Morgan fingerprint density at radius 1 is 1.30 bits per heavy atom. The van der Waals surface area contributed by atoms with Crippen LogP contribution in [-0.4, -0.2) is 23.2 Å². The van der Waals surface area contributed by atoms with Crippen LogP contribution in [0.4, 0.5) is 0 Å². The maximum absolute atomic E-state index is 10.9. The molecule has 2 rings (SSSR count). The van der Waals surface area contributed by atoms with Crippen LogP contribution < -0.4 is 9.47 Å². The summed E-state index contributed by atoms with van der Waals surface area (Å²) in [5, 5.41) is 17.7. The van der Waals surface area contributed by atoms with Crippen LogP contribution in [0.2, 0.25) is 0 Å². The summed E-state index contributed by atoms with van der Waals surface area (Å²) in [6.07, 6.45) is 0. The molecule has 0 spiro atoms. The van der Waals surface area contributed by atoms with E-state index in [1.54, 1.807) is 18.2 Å². The van der Waals surface area contributed by atoms with Crippen molar-refractivity contribution in [1.29, 1.82) is 5.26 Å². The van der Waals surface area contributed by atoms with Gasteiger partial charge in [0.1, 0.15) is 11.8 Å². The topological polar surface area (TPSA) is 92.4 Å². The van der Waals surface area contributed by atoms with E-state index in [0.29, 0.717) is 5.75 Å². The molecular weight excluding hydrogens is 260 g/mol. The van der Waals surface area contributed by atoms with Crippen LogP contribution in [0.1, 0.15) is 16.1 Å². The Morgan fingerprint density at radius 2 is 2.10 bits per heavy atom. The molecule has 0 fully saturated rings. The van der Waals surface area contributed by atoms with Crippen molar-refractivity contribution >= 4 is 5.97 Å². The summed E-state index contributed by atoms with van der Waals surface area (Å²) in [5.41, 5.74) is 0.316. The predicted octanol–water partition coefficient (Wildman–Crippen LogP) is 2.45. The van der Waals surface area contributed by atoms with Crippen LogP contribution in [0, 0.1) is 11.3 Å². The van der Waals surface area contributed by atoms with Gasteiger partial charge in [0, 0.05) is 6.07 Å². The largest absolute Gasteiger partial charge is 0.493 e. The van der Waals surface area contributed by atoms with Gasteiger partial charge in [0.15, 0.2) is 11.5 Å². The van der Waals surface area contributed by atoms with Gasteiger partial charge in [-0.15, -0.1) is 0 Å². The minimum atomic E-state index is -1.06. The number of carboxylic acid groups (broad SMARTS) is 1. The van der Waals surface area contributed by atoms with Crippen molar-refractivity contribution in [3.05, 3.63) is 47.7 Å². The van der Waals surface area contributed by atoms with Crippen LogP contribution >= 0.6 is 0 Å². The van der Waals surface area contributed by atoms with Gasteiger partial charge >= 0.3 is 5.97 Å². The Labute approximate surface area is 114 Å². The average Bonchev–Trinajstić information content (AvgIpc) is 2.47. The lowest BCUT2D eigenvalue weighted by Gasteiger charge is -2.10. The molecule has 2 aromatic rings. The van der Waals surface area contributed by atoms with E-state index in [4.69, 9.17) is 19.8 Å². The fourth-order valence-electron chi connectivity index (χ4n) is 1.53. The molecule has 0 radical (unpaired) electrons. The van der Waals surface area contributed by atoms with Crippen molar-refractivity contribution < 1.29 is 19.4 Å². The van der Waals surface area contributed by atoms with Gasteiger partial charge in [0.25, 0.3) is 0 Å². The molecule has 20 heavy (non-hydrogen) atoms. The van der Waals surface area contributed by atoms with E-state index in [0.717, 1.165) is 0 Å². The Morgan fingerprint density at radius 3 is 2.75 bits per heavy atom. The third-order valence-corrected chi connectivity index (χ3v) is 2.46. The highest BCUT2D eigenvalue weighted by Gasteiger charge is 2.11. The average molecular weight is 270 g/mol. The number of carbonyl (C=O) groups is 1. The van der Waals surface area contributed by atoms with E-state index in [9.17, 15) is 4.79 Å². The van der Waals surface area contributed by atoms with Crippen molar-refractivity contribution in [3.63, 3.8) is 0 Å². The number of carboxylic acids is 1. The number of aromatic carboxylic acids is 1. The zero-order valence-corrected chi connectivity index (χ0v) is 10.5. The maximum Gasteiger partial charge on any atom is 0.335 e. The summed E-state index contributed by atoms with van der Waals surface area (Å²) < 4.78 is 10.6. The van der Waals surface area contributed by atoms with Gasteiger partial charge in [-0.05, 0) is 24.3 Å². The Balaban J connectivity index is 2.33. The number of methoxy groups -OCH3 is 1. The minimum absolute atomic E-state index is 0.0907. The highest BCUT2D eigenvalue weighted by atomic mass is 16.5. The molecule has 6 nitrogen and oxygen atoms in total. The number of pyridine rings is 1. The van der Waals surface area contributed by atoms with Gasteiger partial charge in [0.2, 0.25) is 5.88 Å². The fraction of sp³-hybridized carbons (Fsp3) is 0.0714. The first-order chi connectivity index (χ1) is 9.63. The molecule has 0 aliphatic heterocycles. The Hall–Kier alpha value is -3.07. The van der Waals surface area contributed by atoms with Gasteiger partial charge in [-0.1, -0.05) is 6.07 Å². The molecule has 100 valence electrons. The number of aromatic nitrogens is 1. The summed E-state index contributed by atoms with van der Waals surface area (Å²) in [6.45, 7) is 0. The molecule has 1 aromatic carbocycles. The number of rotatable bonds is 4. The van der Waals surface area contributed by atoms with Crippen LogP contribution in [0.5, 0.6) is 17.4 Å². The molecule has 0 amide bonds. The summed E-state index contributed by atoms with van der Waals surface area (Å²) >= 11 is 0. The van der Waals surface area contributed by atoms with E-state index in [2.05, 4.69) is 4.98 Å². The van der Waals surface area contributed by atoms with Gasteiger partial charge in [-0.25, -0.2) is 9.78 Å². The molecule has 0 atom stereocenters. The molecule has 0 saturated heterocycles. The molecule has 1 N–H and O–H groups in total. The monoisotopic (exact) mass is 270 g/mol. The van der Waals surface area contributed by atoms with E-state index in [-0.39, 0.29) is 22.9 Å². The predicted molar refractivity (Wildman–Crippen MR) is 69.0 cm³/mol. The molecule has 1 aromatic heterocycles. The van der Waals surface area contributed by atoms with Crippen LogP contribution in [0.15, 0.2) is 36.4 Å². The Kier molecular flexibility index (Phi) is 3.82. The number of nitriles is 1. The van der Waals surface area contributed by atoms with E-state index >= 15 is 0 Å². The Bertz CT molecular complexity index is 692. The second-order valence-corrected chi connectivity index (χ2v) is 3.75. The third kappa shape index (κ3) is 2.84. The lowest BCUT2D eigenvalue weighted by molar-refractivity contribution is 0.0696. The smallest absolute Gasteiger partial charge is 0.335 e. The minimum Gasteiger partial charge on any atom is -0.493 e. The number of hydrogen-bond donors (Lipinski definition) is 1. The summed E-state index contributed by atoms with van der Waals surface area (Å²) in [4.78, 5) is 14.8. The SMILES string of the molecule is COc1cc(C(=O)O)ccc1Oc1cccc(C#N)n1. The first kappa shape index (κ1) is 13.4. The lowest BCUT2D eigenvalue weighted by Crippen LogP contribution is -1.99. The second kappa shape index (κ2) is 5.71. The zero-order valence-electron chi connectivity index (χ0n) is 10.5. The number of ether oxygens (including phenoxy) is 2. The normalized spacial score (nSPS) is 9.60. The van der Waals surface area contributed by atoms with Gasteiger partial charge in [-0.2, -0.15) is 5.26 Å². The molecule has 1 heterocycles. The van der Waals surface area contributed by atoms with Gasteiger partial charge < -0.3 is 14.6 Å². The van der Waals surface area contributed by atoms with Crippen molar-refractivity contribution in [2.75, 3.05) is 7.11 Å². The first-order valence-corrected chi connectivity index (χ1v) is 5.60. The van der Waals surface area contributed by atoms with Crippen LogP contribution in [-0.2, 0) is 0 Å². The van der Waals surface area contributed by atoms with Crippen molar-refractivity contribution in [1.82, 2.24) is 4.98 Å². The zero-order chi connectivity index (χ0) is 14.5. The molecular formula is C14H10N2O4. The molecule has 0 bridgehead atoms. The van der Waals surface area contributed by atoms with Crippen LogP contribution in [0.3, 0.4) is 0 Å². The quantitative estimate of drug-likeness (QED) is 0.917. The van der Waals surface area contributed by atoms with Gasteiger partial charge in [-0.3, -0.25) is 0 Å². The fourth-order valence-corrected chi connectivity index (χ4v) is 1.53. The first-order valence-electron chi connectivity index (χ1n) is 5.60. The number of nitrogens with zero attached hydrogens (tertiary/aromatic N) is 2. The molecule has 6 heteroatoms. The highest BCUT2D eigenvalue weighted by Crippen LogP contribution is 2.31. The summed E-state index contributed by atoms with van der Waals surface area (Å²) in [7, 11) is 1.41. The van der Waals surface area contributed by atoms with E-state index in [1.165, 1.54) is 25.3 Å². The van der Waals surface area contributed by atoms with E-state index < -0.39 is 5.97 Å². The summed E-state index contributed by atoms with van der Waals surface area (Å²) in [6, 6.07) is 10.9. The van der Waals surface area contributed by atoms with Crippen LogP contribution in [0.25, 0.3) is 0 Å². The third-order valence-electron chi connectivity index (χ3n) is 2.46. The second-order valence-electron chi connectivity index (χ2n) is 3.75. The van der Waals surface area contributed by atoms with Crippen molar-refractivity contribution in [2.45, 2.75) is 0 Å². The highest BCUT2D eigenvalue weighted by molar-refractivity contribution is 5.88. The van der Waals surface area contributed by atoms with E-state index in [1.807, 2.05) is 6.07 Å². The van der Waals surface area contributed by atoms with Crippen molar-refractivity contribution in [2.24, 2.45) is 0 Å². The summed E-state index contributed by atoms with van der Waals surface area (Å²) in [5.74, 6) is -0.237. The molecule has 0 saturated carbocycles. The molecule has 0 unspecified atom stereocenters. The molecule has 0 aliphatic rings. The lowest BCUT2D eigenvalue weighted by atomic mass is 10.2. The van der Waals surface area contributed by atoms with Gasteiger partial charge in [0.05, 0.1) is 12.7 Å². The maximum atomic E-state index is 10.9. The number of benzene rings is 1. The van der Waals surface area contributed by atoms with Crippen molar-refractivity contribution in [3.8, 4) is 23.4 Å².